The van der Waals surface area contributed by atoms with Crippen molar-refractivity contribution >= 4 is 11.3 Å². The van der Waals surface area contributed by atoms with Crippen molar-refractivity contribution in [3.05, 3.63) is 40.2 Å². The molecular weight excluding hydrogens is 348 g/mol. The van der Waals surface area contributed by atoms with E-state index >= 15 is 0 Å². The van der Waals surface area contributed by atoms with Crippen molar-refractivity contribution in [2.45, 2.75) is 51.4 Å². The van der Waals surface area contributed by atoms with Gasteiger partial charge < -0.3 is 13.9 Å². The highest BCUT2D eigenvalue weighted by atomic mass is 32.1. The maximum absolute atomic E-state index is 6.28. The topological polar surface area (TPSA) is 47.7 Å². The number of rotatable bonds is 7. The third-order valence-electron chi connectivity index (χ3n) is 5.79. The molecule has 2 fully saturated rings. The Labute approximate surface area is 159 Å². The third-order valence-corrected chi connectivity index (χ3v) is 6.61. The molecule has 5 nitrogen and oxygen atoms in total. The molecule has 2 aromatic rings. The van der Waals surface area contributed by atoms with E-state index in [1.54, 1.807) is 17.6 Å². The van der Waals surface area contributed by atoms with E-state index < -0.39 is 0 Å². The number of nitrogens with zero attached hydrogens (tertiary/aromatic N) is 2. The number of ether oxygens (including phenoxy) is 2. The van der Waals surface area contributed by atoms with E-state index in [0.29, 0.717) is 12.5 Å². The number of furan rings is 1. The Morgan fingerprint density at radius 3 is 3.00 bits per heavy atom. The van der Waals surface area contributed by atoms with Crippen LogP contribution >= 0.6 is 11.3 Å². The first-order valence-electron chi connectivity index (χ1n) is 9.61. The summed E-state index contributed by atoms with van der Waals surface area (Å²) in [6, 6.07) is 4.02. The summed E-state index contributed by atoms with van der Waals surface area (Å²) in [5, 5.41) is 3.19. The number of likely N-dealkylation sites (tertiary alicyclic amines) is 1. The second kappa shape index (κ2) is 8.21. The Kier molecular flexibility index (Phi) is 5.74. The number of aryl methyl sites for hydroxylation is 1. The summed E-state index contributed by atoms with van der Waals surface area (Å²) < 4.78 is 17.6. The van der Waals surface area contributed by atoms with Gasteiger partial charge in [0.2, 0.25) is 0 Å². The first-order valence-corrected chi connectivity index (χ1v) is 10.5. The van der Waals surface area contributed by atoms with Gasteiger partial charge in [0.15, 0.2) is 0 Å². The number of hydrogen-bond donors (Lipinski definition) is 0. The summed E-state index contributed by atoms with van der Waals surface area (Å²) in [6.07, 6.45) is 6.23. The Bertz CT molecular complexity index is 677. The maximum Gasteiger partial charge on any atom is 0.117 e. The Balaban J connectivity index is 1.23. The van der Waals surface area contributed by atoms with Gasteiger partial charge >= 0.3 is 0 Å². The van der Waals surface area contributed by atoms with Crippen LogP contribution in [-0.2, 0) is 22.6 Å². The molecule has 2 aromatic heterocycles. The molecule has 0 saturated carbocycles. The lowest BCUT2D eigenvalue weighted by atomic mass is 9.78. The van der Waals surface area contributed by atoms with Gasteiger partial charge in [0.05, 0.1) is 35.7 Å². The molecule has 0 radical (unpaired) electrons. The predicted molar refractivity (Wildman–Crippen MR) is 101 cm³/mol. The van der Waals surface area contributed by atoms with Crippen molar-refractivity contribution in [3.8, 4) is 0 Å². The highest BCUT2D eigenvalue weighted by Crippen LogP contribution is 2.42. The number of thiazole rings is 1. The Morgan fingerprint density at radius 1 is 1.38 bits per heavy atom. The quantitative estimate of drug-likeness (QED) is 0.683. The predicted octanol–water partition coefficient (Wildman–Crippen LogP) is 4.02. The smallest absolute Gasteiger partial charge is 0.117 e. The first-order chi connectivity index (χ1) is 12.7. The lowest BCUT2D eigenvalue weighted by molar-refractivity contribution is -0.0740. The SMILES string of the molecule is Cc1nc(COCC[C@@H]2CCOC23CCN(Cc2ccco2)CC3)cs1. The van der Waals surface area contributed by atoms with Crippen LogP contribution in [0.2, 0.25) is 0 Å². The van der Waals surface area contributed by atoms with Crippen LogP contribution in [-0.4, -0.2) is 41.8 Å². The summed E-state index contributed by atoms with van der Waals surface area (Å²) in [6.45, 7) is 7.42. The lowest BCUT2D eigenvalue weighted by Gasteiger charge is -2.42. The van der Waals surface area contributed by atoms with Gasteiger partial charge in [-0.1, -0.05) is 0 Å². The van der Waals surface area contributed by atoms with Gasteiger partial charge in [-0.2, -0.15) is 0 Å². The van der Waals surface area contributed by atoms with E-state index in [1.165, 1.54) is 0 Å². The molecular formula is C20H28N2O3S. The highest BCUT2D eigenvalue weighted by Gasteiger charge is 2.45. The molecule has 0 aliphatic carbocycles. The van der Waals surface area contributed by atoms with Crippen LogP contribution in [0, 0.1) is 12.8 Å². The number of hydrogen-bond acceptors (Lipinski definition) is 6. The Morgan fingerprint density at radius 2 is 2.27 bits per heavy atom. The van der Waals surface area contributed by atoms with Gasteiger partial charge in [0.1, 0.15) is 5.76 Å². The molecule has 26 heavy (non-hydrogen) atoms. The molecule has 6 heteroatoms. The fourth-order valence-electron chi connectivity index (χ4n) is 4.33. The number of aromatic nitrogens is 1. The molecule has 0 N–H and O–H groups in total. The van der Waals surface area contributed by atoms with E-state index in [-0.39, 0.29) is 5.60 Å². The van der Waals surface area contributed by atoms with E-state index in [1.807, 2.05) is 13.0 Å². The molecule has 2 saturated heterocycles. The van der Waals surface area contributed by atoms with Gasteiger partial charge in [-0.3, -0.25) is 4.90 Å². The maximum atomic E-state index is 6.28. The zero-order valence-corrected chi connectivity index (χ0v) is 16.3. The molecule has 1 spiro atoms. The summed E-state index contributed by atoms with van der Waals surface area (Å²) in [5.41, 5.74) is 1.12. The molecule has 142 valence electrons. The molecule has 4 rings (SSSR count). The van der Waals surface area contributed by atoms with Crippen molar-refractivity contribution in [3.63, 3.8) is 0 Å². The van der Waals surface area contributed by atoms with Crippen LogP contribution in [0.3, 0.4) is 0 Å². The Hall–Kier alpha value is -1.21. The molecule has 0 unspecified atom stereocenters. The molecule has 2 aliphatic rings. The van der Waals surface area contributed by atoms with Crippen molar-refractivity contribution in [2.75, 3.05) is 26.3 Å². The minimum Gasteiger partial charge on any atom is -0.468 e. The van der Waals surface area contributed by atoms with Gasteiger partial charge in [0, 0.05) is 31.7 Å². The first kappa shape index (κ1) is 18.2. The van der Waals surface area contributed by atoms with Gasteiger partial charge in [-0.15, -0.1) is 11.3 Å². The van der Waals surface area contributed by atoms with E-state index in [0.717, 1.165) is 75.0 Å². The van der Waals surface area contributed by atoms with E-state index in [9.17, 15) is 0 Å². The highest BCUT2D eigenvalue weighted by molar-refractivity contribution is 7.09. The third kappa shape index (κ3) is 4.19. The van der Waals surface area contributed by atoms with Gasteiger partial charge in [-0.25, -0.2) is 4.98 Å². The van der Waals surface area contributed by atoms with Crippen LogP contribution in [0.15, 0.2) is 28.2 Å². The minimum absolute atomic E-state index is 0.0697. The summed E-state index contributed by atoms with van der Waals surface area (Å²) in [4.78, 5) is 6.93. The van der Waals surface area contributed by atoms with Crippen molar-refractivity contribution in [2.24, 2.45) is 5.92 Å². The molecule has 0 bridgehead atoms. The largest absolute Gasteiger partial charge is 0.468 e. The second-order valence-corrected chi connectivity index (χ2v) is 8.52. The van der Waals surface area contributed by atoms with E-state index in [4.69, 9.17) is 13.9 Å². The van der Waals surface area contributed by atoms with E-state index in [2.05, 4.69) is 21.3 Å². The van der Waals surface area contributed by atoms with Crippen molar-refractivity contribution < 1.29 is 13.9 Å². The standard InChI is InChI=1S/C20H28N2O3S/c1-16-21-18(15-26-16)14-23-11-4-17-5-12-25-20(17)6-8-22(9-7-20)13-19-3-2-10-24-19/h2-3,10,15,17H,4-9,11-14H2,1H3/t17-/m1/s1. The zero-order chi connectivity index (χ0) is 17.8. The van der Waals surface area contributed by atoms with Crippen LogP contribution in [0.4, 0.5) is 0 Å². The van der Waals surface area contributed by atoms with Crippen LogP contribution in [0.5, 0.6) is 0 Å². The molecule has 1 atom stereocenters. The average Bonchev–Trinajstić information content (AvgIpc) is 3.37. The summed E-state index contributed by atoms with van der Waals surface area (Å²) in [5.74, 6) is 1.67. The number of piperidine rings is 1. The van der Waals surface area contributed by atoms with Gasteiger partial charge in [-0.05, 0) is 50.7 Å². The fraction of sp³-hybridized carbons (Fsp3) is 0.650. The second-order valence-electron chi connectivity index (χ2n) is 7.45. The molecule has 0 amide bonds. The molecule has 2 aliphatic heterocycles. The zero-order valence-electron chi connectivity index (χ0n) is 15.5. The van der Waals surface area contributed by atoms with Crippen molar-refractivity contribution in [1.82, 2.24) is 9.88 Å². The summed E-state index contributed by atoms with van der Waals surface area (Å²) >= 11 is 1.68. The lowest BCUT2D eigenvalue weighted by Crippen LogP contribution is -2.47. The average molecular weight is 377 g/mol. The molecule has 4 heterocycles. The monoisotopic (exact) mass is 376 g/mol. The van der Waals surface area contributed by atoms with Crippen molar-refractivity contribution in [1.29, 1.82) is 0 Å². The fourth-order valence-corrected chi connectivity index (χ4v) is 4.93. The minimum atomic E-state index is 0.0697. The molecule has 0 aromatic carbocycles. The summed E-state index contributed by atoms with van der Waals surface area (Å²) in [7, 11) is 0. The van der Waals surface area contributed by atoms with Crippen LogP contribution < -0.4 is 0 Å². The van der Waals surface area contributed by atoms with Crippen LogP contribution in [0.1, 0.15) is 42.1 Å². The van der Waals surface area contributed by atoms with Gasteiger partial charge in [0.25, 0.3) is 0 Å². The van der Waals surface area contributed by atoms with Crippen LogP contribution in [0.25, 0.3) is 0 Å². The normalized spacial score (nSPS) is 23.0.